The number of amides is 2. The van der Waals surface area contributed by atoms with Crippen molar-refractivity contribution in [2.24, 2.45) is 0 Å². The number of carbonyl (C=O) groups is 2. The molecule has 8 nitrogen and oxygen atoms in total. The van der Waals surface area contributed by atoms with Gasteiger partial charge in [-0.1, -0.05) is 23.8 Å². The van der Waals surface area contributed by atoms with E-state index in [0.29, 0.717) is 10.9 Å². The Morgan fingerprint density at radius 3 is 2.60 bits per heavy atom. The third-order valence-corrected chi connectivity index (χ3v) is 4.70. The van der Waals surface area contributed by atoms with Gasteiger partial charge in [0.25, 0.3) is 17.4 Å². The summed E-state index contributed by atoms with van der Waals surface area (Å²) in [6, 6.07) is 12.1. The van der Waals surface area contributed by atoms with E-state index >= 15 is 0 Å². The maximum Gasteiger partial charge on any atom is 0.269 e. The van der Waals surface area contributed by atoms with Crippen molar-refractivity contribution in [1.29, 1.82) is 0 Å². The van der Waals surface area contributed by atoms with Crippen LogP contribution in [0.3, 0.4) is 0 Å². The van der Waals surface area contributed by atoms with E-state index in [9.17, 15) is 14.4 Å². The normalized spacial score (nSPS) is 10.4. The smallest absolute Gasteiger partial charge is 0.269 e. The van der Waals surface area contributed by atoms with Crippen LogP contribution in [0.4, 0.5) is 5.69 Å². The van der Waals surface area contributed by atoms with Crippen molar-refractivity contribution in [3.8, 4) is 0 Å². The van der Waals surface area contributed by atoms with Crippen LogP contribution >= 0.6 is 12.2 Å². The molecule has 0 aliphatic rings. The average molecular weight is 423 g/mol. The van der Waals surface area contributed by atoms with Gasteiger partial charge in [-0.15, -0.1) is 6.58 Å². The maximum atomic E-state index is 12.5. The summed E-state index contributed by atoms with van der Waals surface area (Å²) < 4.78 is 1.62. The standard InChI is InChI=1S/C21H21N5O3S/c1-3-10-26-20(29)16-9-6-14(11-17(16)23-21(26)30)19(28)25-24-18(27)12-22-15-7-4-13(2)5-8-15/h3-9,11,22H,1,10,12H2,2H3,(H,23,30)(H,24,27)(H,25,28). The summed E-state index contributed by atoms with van der Waals surface area (Å²) in [5, 5.41) is 3.36. The Hall–Kier alpha value is -3.72. The minimum Gasteiger partial charge on any atom is -0.376 e. The molecule has 0 unspecified atom stereocenters. The van der Waals surface area contributed by atoms with Crippen LogP contribution in [0.5, 0.6) is 0 Å². The van der Waals surface area contributed by atoms with E-state index in [1.54, 1.807) is 6.08 Å². The number of hydrogen-bond donors (Lipinski definition) is 4. The minimum atomic E-state index is -0.518. The lowest BCUT2D eigenvalue weighted by Crippen LogP contribution is -2.44. The molecule has 4 N–H and O–H groups in total. The Kier molecular flexibility index (Phi) is 6.43. The third kappa shape index (κ3) is 4.81. The van der Waals surface area contributed by atoms with Gasteiger partial charge in [-0.25, -0.2) is 0 Å². The van der Waals surface area contributed by atoms with Gasteiger partial charge in [-0.2, -0.15) is 0 Å². The summed E-state index contributed by atoms with van der Waals surface area (Å²) in [7, 11) is 0. The zero-order valence-corrected chi connectivity index (χ0v) is 17.1. The lowest BCUT2D eigenvalue weighted by atomic mass is 10.1. The van der Waals surface area contributed by atoms with Crippen LogP contribution in [0.25, 0.3) is 10.9 Å². The molecule has 0 saturated carbocycles. The number of aromatic nitrogens is 2. The monoisotopic (exact) mass is 423 g/mol. The molecule has 2 amide bonds. The minimum absolute atomic E-state index is 0.00298. The fourth-order valence-electron chi connectivity index (χ4n) is 2.79. The number of aryl methyl sites for hydroxylation is 1. The third-order valence-electron chi connectivity index (χ3n) is 4.38. The first-order chi connectivity index (χ1) is 14.4. The molecule has 0 bridgehead atoms. The van der Waals surface area contributed by atoms with Gasteiger partial charge in [0.15, 0.2) is 4.77 Å². The summed E-state index contributed by atoms with van der Waals surface area (Å²) >= 11 is 5.20. The lowest BCUT2D eigenvalue weighted by molar-refractivity contribution is -0.120. The Labute approximate surface area is 177 Å². The molecule has 30 heavy (non-hydrogen) atoms. The van der Waals surface area contributed by atoms with Crippen LogP contribution in [0, 0.1) is 11.7 Å². The second-order valence-corrected chi connectivity index (χ2v) is 7.00. The Morgan fingerprint density at radius 1 is 1.17 bits per heavy atom. The molecule has 9 heteroatoms. The largest absolute Gasteiger partial charge is 0.376 e. The maximum absolute atomic E-state index is 12.5. The van der Waals surface area contributed by atoms with Crippen molar-refractivity contribution in [2.45, 2.75) is 13.5 Å². The van der Waals surface area contributed by atoms with Gasteiger partial charge in [0, 0.05) is 17.8 Å². The number of allylic oxidation sites excluding steroid dienone is 1. The number of benzene rings is 2. The average Bonchev–Trinajstić information content (AvgIpc) is 2.74. The predicted octanol–water partition coefficient (Wildman–Crippen LogP) is 2.43. The van der Waals surface area contributed by atoms with E-state index in [0.717, 1.165) is 11.3 Å². The topological polar surface area (TPSA) is 108 Å². The van der Waals surface area contributed by atoms with Gasteiger partial charge in [-0.3, -0.25) is 29.8 Å². The second kappa shape index (κ2) is 9.19. The number of hydrogen-bond acceptors (Lipinski definition) is 5. The molecule has 0 aliphatic carbocycles. The highest BCUT2D eigenvalue weighted by atomic mass is 32.1. The van der Waals surface area contributed by atoms with Crippen molar-refractivity contribution in [3.63, 3.8) is 0 Å². The molecule has 0 atom stereocenters. The number of carbonyl (C=O) groups excluding carboxylic acids is 2. The summed E-state index contributed by atoms with van der Waals surface area (Å²) in [5.41, 5.74) is 7.06. The van der Waals surface area contributed by atoms with Crippen molar-refractivity contribution < 1.29 is 9.59 Å². The van der Waals surface area contributed by atoms with Gasteiger partial charge in [0.1, 0.15) is 0 Å². The fourth-order valence-corrected chi connectivity index (χ4v) is 3.05. The predicted molar refractivity (Wildman–Crippen MR) is 119 cm³/mol. The molecule has 1 aromatic heterocycles. The molecule has 0 aliphatic heterocycles. The molecule has 154 valence electrons. The number of hydrazine groups is 1. The van der Waals surface area contributed by atoms with Crippen LogP contribution in [0.2, 0.25) is 0 Å². The Morgan fingerprint density at radius 2 is 1.90 bits per heavy atom. The van der Waals surface area contributed by atoms with Crippen LogP contribution in [0.15, 0.2) is 59.9 Å². The number of rotatable bonds is 6. The van der Waals surface area contributed by atoms with Gasteiger partial charge in [0.2, 0.25) is 0 Å². The van der Waals surface area contributed by atoms with Crippen LogP contribution in [-0.4, -0.2) is 27.9 Å². The SMILES string of the molecule is C=CCn1c(=S)[nH]c2cc(C(=O)NNC(=O)CNc3ccc(C)cc3)ccc2c1=O. The summed E-state index contributed by atoms with van der Waals surface area (Å²) in [6.07, 6.45) is 1.58. The second-order valence-electron chi connectivity index (χ2n) is 6.62. The number of anilines is 1. The molecule has 0 spiro atoms. The number of H-pyrrole nitrogens is 1. The highest BCUT2D eigenvalue weighted by Gasteiger charge is 2.11. The van der Waals surface area contributed by atoms with Crippen molar-refractivity contribution in [1.82, 2.24) is 20.4 Å². The quantitative estimate of drug-likeness (QED) is 0.277. The summed E-state index contributed by atoms with van der Waals surface area (Å²) in [6.45, 7) is 5.87. The fraction of sp³-hybridized carbons (Fsp3) is 0.143. The number of aromatic amines is 1. The van der Waals surface area contributed by atoms with E-state index in [1.165, 1.54) is 22.8 Å². The van der Waals surface area contributed by atoms with Crippen molar-refractivity contribution >= 4 is 40.6 Å². The first kappa shape index (κ1) is 21.0. The number of fused-ring (bicyclic) bond motifs is 1. The highest BCUT2D eigenvalue weighted by molar-refractivity contribution is 7.71. The molecular weight excluding hydrogens is 402 g/mol. The van der Waals surface area contributed by atoms with Gasteiger partial charge in [0.05, 0.1) is 17.4 Å². The Balaban J connectivity index is 1.64. The molecule has 2 aromatic carbocycles. The molecule has 0 radical (unpaired) electrons. The number of nitrogens with one attached hydrogen (secondary N) is 4. The number of nitrogens with zero attached hydrogens (tertiary/aromatic N) is 1. The van der Waals surface area contributed by atoms with E-state index in [-0.39, 0.29) is 29.0 Å². The first-order valence-electron chi connectivity index (χ1n) is 9.16. The highest BCUT2D eigenvalue weighted by Crippen LogP contribution is 2.11. The van der Waals surface area contributed by atoms with Gasteiger partial charge < -0.3 is 10.3 Å². The Bertz CT molecular complexity index is 1230. The van der Waals surface area contributed by atoms with Crippen LogP contribution in [-0.2, 0) is 11.3 Å². The van der Waals surface area contributed by atoms with E-state index < -0.39 is 11.8 Å². The molecule has 3 rings (SSSR count). The van der Waals surface area contributed by atoms with Crippen molar-refractivity contribution in [3.05, 3.63) is 81.4 Å². The molecular formula is C21H21N5O3S. The molecule has 1 heterocycles. The molecule has 0 fully saturated rings. The zero-order chi connectivity index (χ0) is 21.7. The summed E-state index contributed by atoms with van der Waals surface area (Å²) in [4.78, 5) is 39.8. The summed E-state index contributed by atoms with van der Waals surface area (Å²) in [5.74, 6) is -0.924. The van der Waals surface area contributed by atoms with Gasteiger partial charge >= 0.3 is 0 Å². The van der Waals surface area contributed by atoms with E-state index in [2.05, 4.69) is 27.7 Å². The molecule has 0 saturated heterocycles. The van der Waals surface area contributed by atoms with E-state index in [1.807, 2.05) is 31.2 Å². The van der Waals surface area contributed by atoms with E-state index in [4.69, 9.17) is 12.2 Å². The lowest BCUT2D eigenvalue weighted by Gasteiger charge is -2.10. The van der Waals surface area contributed by atoms with Gasteiger partial charge in [-0.05, 0) is 49.5 Å². The zero-order valence-electron chi connectivity index (χ0n) is 16.3. The molecule has 3 aromatic rings. The first-order valence-corrected chi connectivity index (χ1v) is 9.57. The van der Waals surface area contributed by atoms with Crippen molar-refractivity contribution in [2.75, 3.05) is 11.9 Å². The van der Waals surface area contributed by atoms with Crippen LogP contribution < -0.4 is 21.7 Å². The van der Waals surface area contributed by atoms with Crippen LogP contribution in [0.1, 0.15) is 15.9 Å².